The number of fused-ring (bicyclic) bond motifs is 1. The van der Waals surface area contributed by atoms with Crippen LogP contribution in [-0.2, 0) is 20.6 Å². The molecule has 0 atom stereocenters. The van der Waals surface area contributed by atoms with Crippen LogP contribution in [0.25, 0.3) is 11.0 Å². The molecule has 0 radical (unpaired) electrons. The summed E-state index contributed by atoms with van der Waals surface area (Å²) in [5.74, 6) is 0. The standard InChI is InChI=1S/C15H24N4O.2ClH/c1-17(2)9-5-8-16-11-12-6-7-13-14(10-12)19(4)15(20)18(13)3;;/h6-7,10,16H,5,8-9,11H2,1-4H3;2*1H. The van der Waals surface area contributed by atoms with Gasteiger partial charge in [-0.3, -0.25) is 9.13 Å². The second-order valence-electron chi connectivity index (χ2n) is 5.56. The van der Waals surface area contributed by atoms with E-state index in [0.29, 0.717) is 0 Å². The van der Waals surface area contributed by atoms with Crippen molar-refractivity contribution >= 4 is 35.8 Å². The normalized spacial score (nSPS) is 10.6. The number of nitrogens with zero attached hydrogens (tertiary/aromatic N) is 3. The van der Waals surface area contributed by atoms with Crippen molar-refractivity contribution in [2.45, 2.75) is 13.0 Å². The fraction of sp³-hybridized carbons (Fsp3) is 0.533. The summed E-state index contributed by atoms with van der Waals surface area (Å²) in [6.07, 6.45) is 1.14. The zero-order chi connectivity index (χ0) is 14.7. The molecule has 1 heterocycles. The minimum Gasteiger partial charge on any atom is -0.313 e. The van der Waals surface area contributed by atoms with E-state index in [4.69, 9.17) is 0 Å². The van der Waals surface area contributed by atoms with Crippen LogP contribution < -0.4 is 11.0 Å². The van der Waals surface area contributed by atoms with Gasteiger partial charge in [-0.25, -0.2) is 4.79 Å². The highest BCUT2D eigenvalue weighted by atomic mass is 35.5. The summed E-state index contributed by atoms with van der Waals surface area (Å²) >= 11 is 0. The topological polar surface area (TPSA) is 42.2 Å². The first-order valence-electron chi connectivity index (χ1n) is 7.00. The summed E-state index contributed by atoms with van der Waals surface area (Å²) in [6, 6.07) is 6.20. The molecule has 0 aliphatic carbocycles. The highest BCUT2D eigenvalue weighted by Gasteiger charge is 2.07. The summed E-state index contributed by atoms with van der Waals surface area (Å²) in [4.78, 5) is 14.1. The van der Waals surface area contributed by atoms with E-state index in [2.05, 4.69) is 36.4 Å². The molecule has 1 N–H and O–H groups in total. The average Bonchev–Trinajstić information content (AvgIpc) is 2.63. The van der Waals surface area contributed by atoms with Crippen molar-refractivity contribution in [1.82, 2.24) is 19.4 Å². The molecule has 2 aromatic rings. The van der Waals surface area contributed by atoms with E-state index in [1.165, 1.54) is 5.56 Å². The van der Waals surface area contributed by atoms with Gasteiger partial charge in [-0.2, -0.15) is 0 Å². The molecule has 5 nitrogen and oxygen atoms in total. The third-order valence-corrected chi connectivity index (χ3v) is 3.62. The van der Waals surface area contributed by atoms with E-state index in [1.54, 1.807) is 9.13 Å². The van der Waals surface area contributed by atoms with Crippen LogP contribution in [0.1, 0.15) is 12.0 Å². The Labute approximate surface area is 144 Å². The van der Waals surface area contributed by atoms with Crippen molar-refractivity contribution in [1.29, 1.82) is 0 Å². The summed E-state index contributed by atoms with van der Waals surface area (Å²) < 4.78 is 3.38. The SMILES string of the molecule is CN(C)CCCNCc1ccc2c(c1)n(C)c(=O)n2C.Cl.Cl. The monoisotopic (exact) mass is 348 g/mol. The van der Waals surface area contributed by atoms with Crippen molar-refractivity contribution in [2.24, 2.45) is 14.1 Å². The van der Waals surface area contributed by atoms with Gasteiger partial charge in [0.2, 0.25) is 0 Å². The summed E-state index contributed by atoms with van der Waals surface area (Å²) in [7, 11) is 7.80. The predicted octanol–water partition coefficient (Wildman–Crippen LogP) is 1.76. The lowest BCUT2D eigenvalue weighted by molar-refractivity contribution is 0.394. The van der Waals surface area contributed by atoms with Gasteiger partial charge < -0.3 is 10.2 Å². The molecule has 0 saturated heterocycles. The van der Waals surface area contributed by atoms with Crippen LogP contribution in [0.15, 0.2) is 23.0 Å². The second-order valence-corrected chi connectivity index (χ2v) is 5.56. The molecule has 0 spiro atoms. The van der Waals surface area contributed by atoms with Crippen LogP contribution in [0.3, 0.4) is 0 Å². The number of imidazole rings is 1. The fourth-order valence-corrected chi connectivity index (χ4v) is 2.42. The molecule has 1 aromatic heterocycles. The quantitative estimate of drug-likeness (QED) is 0.809. The largest absolute Gasteiger partial charge is 0.328 e. The Hall–Kier alpha value is -1.01. The van der Waals surface area contributed by atoms with Crippen molar-refractivity contribution < 1.29 is 0 Å². The number of hydrogen-bond donors (Lipinski definition) is 1. The van der Waals surface area contributed by atoms with Crippen molar-refractivity contribution in [3.05, 3.63) is 34.2 Å². The molecule has 0 aliphatic rings. The molecule has 2 rings (SSSR count). The molecule has 0 saturated carbocycles. The van der Waals surface area contributed by atoms with Crippen LogP contribution in [-0.4, -0.2) is 41.2 Å². The lowest BCUT2D eigenvalue weighted by atomic mass is 10.2. The third-order valence-electron chi connectivity index (χ3n) is 3.62. The number of hydrogen-bond acceptors (Lipinski definition) is 3. The molecule has 22 heavy (non-hydrogen) atoms. The fourth-order valence-electron chi connectivity index (χ4n) is 2.42. The Morgan fingerprint density at radius 1 is 1.09 bits per heavy atom. The molecule has 0 unspecified atom stereocenters. The van der Waals surface area contributed by atoms with Gasteiger partial charge in [-0.05, 0) is 51.3 Å². The van der Waals surface area contributed by atoms with Gasteiger partial charge in [0.15, 0.2) is 0 Å². The van der Waals surface area contributed by atoms with Gasteiger partial charge in [0.05, 0.1) is 11.0 Å². The van der Waals surface area contributed by atoms with Crippen LogP contribution in [0.2, 0.25) is 0 Å². The maximum atomic E-state index is 11.9. The molecular weight excluding hydrogens is 323 g/mol. The molecule has 0 fully saturated rings. The number of benzene rings is 1. The molecule has 0 amide bonds. The Kier molecular flexibility index (Phi) is 8.78. The van der Waals surface area contributed by atoms with Gasteiger partial charge in [-0.1, -0.05) is 6.07 Å². The Morgan fingerprint density at radius 3 is 2.36 bits per heavy atom. The highest BCUT2D eigenvalue weighted by molar-refractivity contribution is 5.85. The van der Waals surface area contributed by atoms with Crippen molar-refractivity contribution in [2.75, 3.05) is 27.2 Å². The number of halogens is 2. The van der Waals surface area contributed by atoms with Gasteiger partial charge in [0, 0.05) is 20.6 Å². The number of nitrogens with one attached hydrogen (secondary N) is 1. The van der Waals surface area contributed by atoms with Crippen LogP contribution in [0, 0.1) is 0 Å². The lowest BCUT2D eigenvalue weighted by Gasteiger charge is -2.10. The van der Waals surface area contributed by atoms with Crippen molar-refractivity contribution in [3.63, 3.8) is 0 Å². The molecule has 0 aliphatic heterocycles. The van der Waals surface area contributed by atoms with E-state index in [1.807, 2.05) is 20.2 Å². The summed E-state index contributed by atoms with van der Waals surface area (Å²) in [5, 5.41) is 3.44. The van der Waals surface area contributed by atoms with E-state index < -0.39 is 0 Å². The van der Waals surface area contributed by atoms with Gasteiger partial charge >= 0.3 is 5.69 Å². The maximum absolute atomic E-state index is 11.9. The number of rotatable bonds is 6. The van der Waals surface area contributed by atoms with E-state index >= 15 is 0 Å². The smallest absolute Gasteiger partial charge is 0.313 e. The molecule has 0 bridgehead atoms. The molecule has 126 valence electrons. The number of aromatic nitrogens is 2. The first-order chi connectivity index (χ1) is 9.50. The molecule has 1 aromatic carbocycles. The highest BCUT2D eigenvalue weighted by Crippen LogP contribution is 2.13. The Bertz CT molecular complexity index is 649. The van der Waals surface area contributed by atoms with Gasteiger partial charge in [0.25, 0.3) is 0 Å². The predicted molar refractivity (Wildman–Crippen MR) is 97.5 cm³/mol. The minimum atomic E-state index is 0. The van der Waals surface area contributed by atoms with Crippen LogP contribution in [0.5, 0.6) is 0 Å². The van der Waals surface area contributed by atoms with E-state index in [-0.39, 0.29) is 30.5 Å². The zero-order valence-electron chi connectivity index (χ0n) is 13.6. The minimum absolute atomic E-state index is 0. The first kappa shape index (κ1) is 21.0. The maximum Gasteiger partial charge on any atom is 0.328 e. The number of aryl methyl sites for hydroxylation is 2. The lowest BCUT2D eigenvalue weighted by Crippen LogP contribution is -2.21. The molecular formula is C15H26Cl2N4O. The van der Waals surface area contributed by atoms with E-state index in [9.17, 15) is 4.79 Å². The molecule has 7 heteroatoms. The van der Waals surface area contributed by atoms with Gasteiger partial charge in [-0.15, -0.1) is 24.8 Å². The zero-order valence-corrected chi connectivity index (χ0v) is 15.3. The van der Waals surface area contributed by atoms with Crippen LogP contribution >= 0.6 is 24.8 Å². The summed E-state index contributed by atoms with van der Waals surface area (Å²) in [6.45, 7) is 2.94. The first-order valence-corrected chi connectivity index (χ1v) is 7.00. The van der Waals surface area contributed by atoms with E-state index in [0.717, 1.165) is 37.1 Å². The average molecular weight is 349 g/mol. The van der Waals surface area contributed by atoms with Gasteiger partial charge in [0.1, 0.15) is 0 Å². The summed E-state index contributed by atoms with van der Waals surface area (Å²) in [5.41, 5.74) is 3.21. The third kappa shape index (κ3) is 4.74. The Morgan fingerprint density at radius 2 is 1.73 bits per heavy atom. The second kappa shape index (κ2) is 9.20. The van der Waals surface area contributed by atoms with Crippen molar-refractivity contribution in [3.8, 4) is 0 Å². The van der Waals surface area contributed by atoms with Crippen LogP contribution in [0.4, 0.5) is 0 Å². The Balaban J connectivity index is 0.00000220.